The molecule has 66 heavy (non-hydrogen) atoms. The number of nitrogens with one attached hydrogen (secondary N) is 1. The summed E-state index contributed by atoms with van der Waals surface area (Å²) in [7, 11) is 0. The van der Waals surface area contributed by atoms with E-state index in [4.69, 9.17) is 4.98 Å². The van der Waals surface area contributed by atoms with Gasteiger partial charge in [-0.15, -0.1) is 0 Å². The number of fused-ring (bicyclic) bond motifs is 12. The van der Waals surface area contributed by atoms with Gasteiger partial charge in [-0.3, -0.25) is 0 Å². The number of hydrogen-bond acceptors (Lipinski definition) is 2. The number of anilines is 1. The van der Waals surface area contributed by atoms with Crippen LogP contribution in [0, 0.1) is 0 Å². The Labute approximate surface area is 382 Å². The molecule has 4 heterocycles. The minimum atomic E-state index is -0.0435. The molecule has 0 saturated heterocycles. The second-order valence-electron chi connectivity index (χ2n) is 17.8. The zero-order chi connectivity index (χ0) is 43.3. The van der Waals surface area contributed by atoms with Crippen LogP contribution in [0.3, 0.4) is 0 Å². The van der Waals surface area contributed by atoms with Crippen molar-refractivity contribution in [3.05, 3.63) is 240 Å². The number of hydrogen-bond donors (Lipinski definition) is 1. The zero-order valence-electron chi connectivity index (χ0n) is 36.1. The van der Waals surface area contributed by atoms with Gasteiger partial charge in [-0.2, -0.15) is 0 Å². The van der Waals surface area contributed by atoms with Gasteiger partial charge >= 0.3 is 0 Å². The van der Waals surface area contributed by atoms with E-state index in [2.05, 4.69) is 233 Å². The van der Waals surface area contributed by atoms with E-state index in [1.54, 1.807) is 0 Å². The third-order valence-electron chi connectivity index (χ3n) is 14.2. The van der Waals surface area contributed by atoms with Gasteiger partial charge in [-0.25, -0.2) is 4.98 Å². The fraction of sp³-hybridized carbons (Fsp3) is 0.0484. The molecule has 0 amide bonds. The van der Waals surface area contributed by atoms with E-state index >= 15 is 0 Å². The van der Waals surface area contributed by atoms with Gasteiger partial charge in [0.2, 0.25) is 0 Å². The lowest BCUT2D eigenvalue weighted by Gasteiger charge is -2.35. The van der Waals surface area contributed by atoms with Crippen molar-refractivity contribution in [2.45, 2.75) is 18.9 Å². The maximum atomic E-state index is 5.54. The second-order valence-corrected chi connectivity index (χ2v) is 17.8. The topological polar surface area (TPSA) is 34.8 Å². The normalized spacial score (nSPS) is 15.3. The third-order valence-corrected chi connectivity index (χ3v) is 14.2. The molecule has 4 heteroatoms. The molecule has 0 spiro atoms. The van der Waals surface area contributed by atoms with Crippen molar-refractivity contribution in [2.24, 2.45) is 0 Å². The molecule has 14 rings (SSSR count). The first-order valence-corrected chi connectivity index (χ1v) is 23.1. The number of allylic oxidation sites excluding steroid dienone is 5. The molecule has 4 nitrogen and oxygen atoms in total. The third kappa shape index (κ3) is 5.48. The van der Waals surface area contributed by atoms with Gasteiger partial charge < -0.3 is 14.5 Å². The molecule has 1 N–H and O–H groups in total. The van der Waals surface area contributed by atoms with E-state index in [-0.39, 0.29) is 6.04 Å². The van der Waals surface area contributed by atoms with Crippen molar-refractivity contribution in [3.63, 3.8) is 0 Å². The quantitative estimate of drug-likeness (QED) is 0.187. The highest BCUT2D eigenvalue weighted by Gasteiger charge is 2.33. The Bertz CT molecular complexity index is 3950. The predicted molar refractivity (Wildman–Crippen MR) is 277 cm³/mol. The molecule has 1 unspecified atom stereocenters. The van der Waals surface area contributed by atoms with E-state index < -0.39 is 0 Å². The van der Waals surface area contributed by atoms with Gasteiger partial charge in [0.25, 0.3) is 0 Å². The summed E-state index contributed by atoms with van der Waals surface area (Å²) in [6.07, 6.45) is 13.4. The average Bonchev–Trinajstić information content (AvgIpc) is 3.91. The molecule has 2 aliphatic carbocycles. The zero-order valence-corrected chi connectivity index (χ0v) is 36.1. The number of para-hydroxylation sites is 4. The Kier molecular flexibility index (Phi) is 8.14. The smallest absolute Gasteiger partial charge is 0.0952 e. The predicted octanol–water partition coefficient (Wildman–Crippen LogP) is 16.0. The molecule has 3 aromatic heterocycles. The summed E-state index contributed by atoms with van der Waals surface area (Å²) in [6.45, 7) is 0. The second kappa shape index (κ2) is 14.5. The van der Waals surface area contributed by atoms with Crippen molar-refractivity contribution in [1.29, 1.82) is 0 Å². The molecule has 11 aromatic rings. The van der Waals surface area contributed by atoms with Crippen molar-refractivity contribution >= 4 is 71.7 Å². The van der Waals surface area contributed by atoms with Gasteiger partial charge in [0, 0.05) is 49.7 Å². The van der Waals surface area contributed by atoms with Crippen LogP contribution >= 0.6 is 0 Å². The number of pyridine rings is 1. The molecular weight excluding hydrogens is 801 g/mol. The van der Waals surface area contributed by atoms with E-state index in [1.807, 2.05) is 0 Å². The molecular formula is C62H42N4. The van der Waals surface area contributed by atoms with Crippen LogP contribution in [0.4, 0.5) is 5.69 Å². The van der Waals surface area contributed by atoms with Crippen LogP contribution in [0.25, 0.3) is 99.8 Å². The van der Waals surface area contributed by atoms with Crippen molar-refractivity contribution < 1.29 is 0 Å². The monoisotopic (exact) mass is 842 g/mol. The fourth-order valence-electron chi connectivity index (χ4n) is 11.3. The molecule has 3 aliphatic rings. The van der Waals surface area contributed by atoms with Crippen LogP contribution in [-0.2, 0) is 0 Å². The molecule has 310 valence electrons. The first kappa shape index (κ1) is 37.0. The van der Waals surface area contributed by atoms with Crippen LogP contribution in [0.1, 0.15) is 35.7 Å². The van der Waals surface area contributed by atoms with E-state index in [1.165, 1.54) is 87.8 Å². The lowest BCUT2D eigenvalue weighted by Crippen LogP contribution is -2.24. The highest BCUT2D eigenvalue weighted by molar-refractivity contribution is 6.24. The SMILES string of the molecule is C1=CCCC(C2=C3C=Cc4ccc(-c5ccc(-c6ccc(-n7c8ccccc8c8ccc9c%10ccccc%10n(-c%10ccccc%10)c9c87)cc6)c6ccccc56)nc4C3Nc3ccccc32)=C1. The molecule has 0 saturated carbocycles. The summed E-state index contributed by atoms with van der Waals surface area (Å²) in [5, 5.41) is 11.3. The maximum Gasteiger partial charge on any atom is 0.0952 e. The van der Waals surface area contributed by atoms with E-state index in [9.17, 15) is 0 Å². The van der Waals surface area contributed by atoms with Crippen LogP contribution in [-0.4, -0.2) is 14.1 Å². The van der Waals surface area contributed by atoms with Crippen molar-refractivity contribution in [2.75, 3.05) is 5.32 Å². The van der Waals surface area contributed by atoms with Crippen LogP contribution < -0.4 is 5.32 Å². The Morgan fingerprint density at radius 3 is 1.82 bits per heavy atom. The van der Waals surface area contributed by atoms with Gasteiger partial charge in [-0.1, -0.05) is 170 Å². The summed E-state index contributed by atoms with van der Waals surface area (Å²) in [5.41, 5.74) is 20.3. The molecule has 1 aliphatic heterocycles. The lowest BCUT2D eigenvalue weighted by molar-refractivity contribution is 0.864. The Balaban J connectivity index is 0.891. The summed E-state index contributed by atoms with van der Waals surface area (Å²) in [5.74, 6) is 0. The van der Waals surface area contributed by atoms with Gasteiger partial charge in [0.15, 0.2) is 0 Å². The minimum Gasteiger partial charge on any atom is -0.372 e. The van der Waals surface area contributed by atoms with Crippen molar-refractivity contribution in [3.8, 4) is 33.8 Å². The van der Waals surface area contributed by atoms with E-state index in [0.717, 1.165) is 52.4 Å². The van der Waals surface area contributed by atoms with Crippen LogP contribution in [0.5, 0.6) is 0 Å². The van der Waals surface area contributed by atoms with Crippen LogP contribution in [0.15, 0.2) is 224 Å². The number of nitrogens with zero attached hydrogens (tertiary/aromatic N) is 3. The Morgan fingerprint density at radius 1 is 0.485 bits per heavy atom. The van der Waals surface area contributed by atoms with Gasteiger partial charge in [0.1, 0.15) is 0 Å². The van der Waals surface area contributed by atoms with Crippen molar-refractivity contribution in [1.82, 2.24) is 14.1 Å². The standard InChI is InChI=1S/C62H42N4/c1-3-15-40(16-4-1)58-52-23-9-12-24-54(52)64-60-53(58)33-29-41-30-38-55(63-59(41)60)47-35-34-44(45-19-7-8-20-46(45)47)39-27-31-43(32-28-39)66-57-26-14-11-22-49(57)51-37-36-50-48-21-10-13-25-56(48)65(61(50)62(51)66)42-17-5-2-6-18-42/h1-3,5-15,17-38,60,64H,4,16H2. The number of rotatable bonds is 5. The Hall–Kier alpha value is -8.47. The summed E-state index contributed by atoms with van der Waals surface area (Å²) >= 11 is 0. The molecule has 1 atom stereocenters. The summed E-state index contributed by atoms with van der Waals surface area (Å²) in [6, 6.07) is 68.7. The van der Waals surface area contributed by atoms with Crippen LogP contribution in [0.2, 0.25) is 0 Å². The van der Waals surface area contributed by atoms with Gasteiger partial charge in [-0.05, 0) is 106 Å². The average molecular weight is 843 g/mol. The van der Waals surface area contributed by atoms with E-state index in [0.29, 0.717) is 0 Å². The highest BCUT2D eigenvalue weighted by Crippen LogP contribution is 2.49. The Morgan fingerprint density at radius 2 is 1.11 bits per heavy atom. The maximum absolute atomic E-state index is 5.54. The molecule has 0 fully saturated rings. The van der Waals surface area contributed by atoms with Gasteiger partial charge in [0.05, 0.1) is 39.5 Å². The first-order valence-electron chi connectivity index (χ1n) is 23.1. The number of aromatic nitrogens is 3. The first-order chi connectivity index (χ1) is 32.8. The number of benzene rings is 8. The largest absolute Gasteiger partial charge is 0.372 e. The molecule has 0 bridgehead atoms. The summed E-state index contributed by atoms with van der Waals surface area (Å²) in [4.78, 5) is 5.54. The minimum absolute atomic E-state index is 0.0435. The lowest BCUT2D eigenvalue weighted by atomic mass is 9.79. The fourth-order valence-corrected chi connectivity index (χ4v) is 11.3. The summed E-state index contributed by atoms with van der Waals surface area (Å²) < 4.78 is 4.92. The molecule has 0 radical (unpaired) electrons. The highest BCUT2D eigenvalue weighted by atomic mass is 15.0. The molecule has 8 aromatic carbocycles.